The topological polar surface area (TPSA) is 68.0 Å². The number of amides is 1. The van der Waals surface area contributed by atoms with Gasteiger partial charge in [-0.25, -0.2) is 0 Å². The van der Waals surface area contributed by atoms with Crippen molar-refractivity contribution in [2.75, 3.05) is 5.32 Å². The van der Waals surface area contributed by atoms with Crippen molar-refractivity contribution in [3.63, 3.8) is 0 Å². The number of benzene rings is 1. The number of aryl methyl sites for hydroxylation is 2. The highest BCUT2D eigenvalue weighted by atomic mass is 32.1. The quantitative estimate of drug-likeness (QED) is 0.608. The van der Waals surface area contributed by atoms with Gasteiger partial charge in [-0.3, -0.25) is 4.79 Å². The number of nitrogens with one attached hydrogen (secondary N) is 1. The predicted molar refractivity (Wildman–Crippen MR) is 108 cm³/mol. The maximum Gasteiger partial charge on any atom is 0.248 e. The molecule has 0 bridgehead atoms. The van der Waals surface area contributed by atoms with Crippen LogP contribution in [0.4, 0.5) is 5.69 Å². The van der Waals surface area contributed by atoms with E-state index in [9.17, 15) is 4.79 Å². The molecule has 1 aromatic carbocycles. The van der Waals surface area contributed by atoms with E-state index in [1.807, 2.05) is 50.3 Å². The van der Waals surface area contributed by atoms with Gasteiger partial charge in [0.1, 0.15) is 0 Å². The molecule has 3 aromatic rings. The molecule has 1 amide bonds. The minimum Gasteiger partial charge on any atom is -0.339 e. The highest BCUT2D eigenvalue weighted by molar-refractivity contribution is 7.16. The highest BCUT2D eigenvalue weighted by Gasteiger charge is 2.26. The molecule has 1 fully saturated rings. The van der Waals surface area contributed by atoms with Gasteiger partial charge in [0.2, 0.25) is 17.6 Å². The lowest BCUT2D eigenvalue weighted by molar-refractivity contribution is -0.111. The molecule has 0 aliphatic heterocycles. The lowest BCUT2D eigenvalue weighted by atomic mass is 9.85. The number of hydrogen-bond acceptors (Lipinski definition) is 5. The number of aromatic nitrogens is 2. The van der Waals surface area contributed by atoms with E-state index in [1.165, 1.54) is 12.0 Å². The van der Waals surface area contributed by atoms with Crippen molar-refractivity contribution in [1.29, 1.82) is 0 Å². The fourth-order valence-electron chi connectivity index (χ4n) is 2.90. The summed E-state index contributed by atoms with van der Waals surface area (Å²) in [6, 6.07) is 9.93. The summed E-state index contributed by atoms with van der Waals surface area (Å²) in [5.74, 6) is 1.58. The number of anilines is 1. The Labute approximate surface area is 162 Å². The van der Waals surface area contributed by atoms with E-state index >= 15 is 0 Å². The molecule has 1 aliphatic rings. The Bertz CT molecular complexity index is 981. The normalized spacial score (nSPS) is 14.4. The Morgan fingerprint density at radius 3 is 2.74 bits per heavy atom. The average molecular weight is 379 g/mol. The van der Waals surface area contributed by atoms with E-state index in [2.05, 4.69) is 15.5 Å². The van der Waals surface area contributed by atoms with E-state index in [4.69, 9.17) is 4.52 Å². The van der Waals surface area contributed by atoms with Crippen LogP contribution in [-0.4, -0.2) is 16.0 Å². The van der Waals surface area contributed by atoms with Crippen LogP contribution >= 0.6 is 11.3 Å². The van der Waals surface area contributed by atoms with Crippen molar-refractivity contribution in [1.82, 2.24) is 10.1 Å². The SMILES string of the molecule is Cc1ccc(C=CC(=O)Nc2cc(-c3noc(C4CCC4)n3)sc2C)cc1. The fraction of sp³-hybridized carbons (Fsp3) is 0.286. The van der Waals surface area contributed by atoms with Crippen molar-refractivity contribution in [2.24, 2.45) is 0 Å². The monoisotopic (exact) mass is 379 g/mol. The van der Waals surface area contributed by atoms with E-state index in [-0.39, 0.29) is 5.91 Å². The second kappa shape index (κ2) is 7.48. The van der Waals surface area contributed by atoms with E-state index < -0.39 is 0 Å². The molecular weight excluding hydrogens is 358 g/mol. The average Bonchev–Trinajstić information content (AvgIpc) is 3.20. The first-order chi connectivity index (χ1) is 13.1. The third kappa shape index (κ3) is 4.01. The number of rotatable bonds is 5. The van der Waals surface area contributed by atoms with Gasteiger partial charge in [-0.1, -0.05) is 41.4 Å². The van der Waals surface area contributed by atoms with E-state index in [1.54, 1.807) is 17.4 Å². The summed E-state index contributed by atoms with van der Waals surface area (Å²) in [5.41, 5.74) is 2.97. The van der Waals surface area contributed by atoms with Gasteiger partial charge in [0, 0.05) is 16.9 Å². The molecule has 2 aromatic heterocycles. The van der Waals surface area contributed by atoms with Gasteiger partial charge in [0.15, 0.2) is 0 Å². The first-order valence-corrected chi connectivity index (χ1v) is 9.90. The van der Waals surface area contributed by atoms with Crippen LogP contribution in [0.2, 0.25) is 0 Å². The molecule has 0 atom stereocenters. The zero-order valence-corrected chi connectivity index (χ0v) is 16.2. The molecule has 1 N–H and O–H groups in total. The molecule has 0 saturated heterocycles. The second-order valence-electron chi connectivity index (χ2n) is 6.90. The Morgan fingerprint density at radius 1 is 1.26 bits per heavy atom. The van der Waals surface area contributed by atoms with Crippen LogP contribution < -0.4 is 5.32 Å². The van der Waals surface area contributed by atoms with Gasteiger partial charge in [-0.15, -0.1) is 11.3 Å². The summed E-state index contributed by atoms with van der Waals surface area (Å²) < 4.78 is 5.40. The summed E-state index contributed by atoms with van der Waals surface area (Å²) in [6.45, 7) is 4.01. The van der Waals surface area contributed by atoms with Crippen molar-refractivity contribution in [3.8, 4) is 10.7 Å². The van der Waals surface area contributed by atoms with Crippen LogP contribution in [0.3, 0.4) is 0 Å². The summed E-state index contributed by atoms with van der Waals surface area (Å²) >= 11 is 1.55. The summed E-state index contributed by atoms with van der Waals surface area (Å²) in [6.07, 6.45) is 6.83. The minimum atomic E-state index is -0.161. The maximum atomic E-state index is 12.2. The van der Waals surface area contributed by atoms with Crippen LogP contribution in [-0.2, 0) is 4.79 Å². The number of carbonyl (C=O) groups excluding carboxylic acids is 1. The summed E-state index contributed by atoms with van der Waals surface area (Å²) in [4.78, 5) is 18.7. The number of thiophene rings is 1. The standard InChI is InChI=1S/C21H21N3O2S/c1-13-6-8-15(9-7-13)10-11-19(25)22-17-12-18(27-14(17)2)20-23-21(26-24-20)16-4-3-5-16/h6-12,16H,3-5H2,1-2H3,(H,22,25). The largest absolute Gasteiger partial charge is 0.339 e. The van der Waals surface area contributed by atoms with Gasteiger partial charge in [-0.2, -0.15) is 4.98 Å². The van der Waals surface area contributed by atoms with Crippen LogP contribution in [0.1, 0.15) is 47.1 Å². The van der Waals surface area contributed by atoms with Crippen LogP contribution in [0, 0.1) is 13.8 Å². The van der Waals surface area contributed by atoms with Crippen molar-refractivity contribution in [2.45, 2.75) is 39.0 Å². The Kier molecular flexibility index (Phi) is 4.90. The minimum absolute atomic E-state index is 0.161. The molecule has 4 rings (SSSR count). The molecule has 2 heterocycles. The smallest absolute Gasteiger partial charge is 0.248 e. The number of carbonyl (C=O) groups is 1. The predicted octanol–water partition coefficient (Wildman–Crippen LogP) is 5.33. The fourth-order valence-corrected chi connectivity index (χ4v) is 3.80. The molecule has 5 nitrogen and oxygen atoms in total. The first-order valence-electron chi connectivity index (χ1n) is 9.08. The number of nitrogens with zero attached hydrogens (tertiary/aromatic N) is 2. The molecule has 1 aliphatic carbocycles. The van der Waals surface area contributed by atoms with E-state index in [0.29, 0.717) is 11.7 Å². The summed E-state index contributed by atoms with van der Waals surface area (Å²) in [7, 11) is 0. The van der Waals surface area contributed by atoms with Gasteiger partial charge >= 0.3 is 0 Å². The van der Waals surface area contributed by atoms with Gasteiger partial charge in [-0.05, 0) is 44.4 Å². The highest BCUT2D eigenvalue weighted by Crippen LogP contribution is 2.38. The molecule has 27 heavy (non-hydrogen) atoms. The van der Waals surface area contributed by atoms with Crippen molar-refractivity contribution >= 4 is 29.0 Å². The van der Waals surface area contributed by atoms with Gasteiger partial charge in [0.25, 0.3) is 0 Å². The lowest BCUT2D eigenvalue weighted by Crippen LogP contribution is -2.08. The second-order valence-corrected chi connectivity index (χ2v) is 8.15. The van der Waals surface area contributed by atoms with Gasteiger partial charge < -0.3 is 9.84 Å². The van der Waals surface area contributed by atoms with E-state index in [0.717, 1.165) is 39.7 Å². The van der Waals surface area contributed by atoms with Crippen LogP contribution in [0.5, 0.6) is 0 Å². The zero-order chi connectivity index (χ0) is 18.8. The Morgan fingerprint density at radius 2 is 2.04 bits per heavy atom. The molecule has 138 valence electrons. The third-order valence-corrected chi connectivity index (χ3v) is 5.84. The van der Waals surface area contributed by atoms with Crippen LogP contribution in [0.15, 0.2) is 40.9 Å². The summed E-state index contributed by atoms with van der Waals surface area (Å²) in [5, 5.41) is 7.04. The zero-order valence-electron chi connectivity index (χ0n) is 15.4. The lowest BCUT2D eigenvalue weighted by Gasteiger charge is -2.20. The molecule has 6 heteroatoms. The molecule has 0 unspecified atom stereocenters. The van der Waals surface area contributed by atoms with Crippen molar-refractivity contribution < 1.29 is 9.32 Å². The Balaban J connectivity index is 1.44. The Hall–Kier alpha value is -2.73. The molecule has 0 spiro atoms. The molecule has 0 radical (unpaired) electrons. The first kappa shape index (κ1) is 17.7. The maximum absolute atomic E-state index is 12.2. The third-order valence-electron chi connectivity index (χ3n) is 4.80. The molecular formula is C21H21N3O2S. The number of hydrogen-bond donors (Lipinski definition) is 1. The van der Waals surface area contributed by atoms with Gasteiger partial charge in [0.05, 0.1) is 10.6 Å². The molecule has 1 saturated carbocycles. The van der Waals surface area contributed by atoms with Crippen molar-refractivity contribution in [3.05, 3.63) is 58.3 Å². The van der Waals surface area contributed by atoms with Crippen LogP contribution in [0.25, 0.3) is 16.8 Å².